The number of hydrogen-bond acceptors (Lipinski definition) is 7. The average molecular weight is 336 g/mol. The maximum atomic E-state index is 12.1. The van der Waals surface area contributed by atoms with Gasteiger partial charge < -0.3 is 0 Å². The number of nitrogens with zero attached hydrogens (tertiary/aromatic N) is 2. The molecule has 4 amide bonds. The largest absolute Gasteiger partial charge is 0.560 e. The van der Waals surface area contributed by atoms with Crippen LogP contribution in [0.3, 0.4) is 0 Å². The summed E-state index contributed by atoms with van der Waals surface area (Å²) in [5, 5.41) is 0.767. The van der Waals surface area contributed by atoms with Crippen LogP contribution in [0, 0.1) is 23.7 Å². The number of imide groups is 2. The summed E-state index contributed by atoms with van der Waals surface area (Å²) in [5.74, 6) is -2.99. The molecule has 0 bridgehead atoms. The van der Waals surface area contributed by atoms with E-state index < -0.39 is 41.6 Å². The molecule has 4 fully saturated rings. The van der Waals surface area contributed by atoms with Crippen molar-refractivity contribution in [1.82, 2.24) is 10.1 Å². The van der Waals surface area contributed by atoms with Crippen molar-refractivity contribution in [2.24, 2.45) is 23.7 Å². The van der Waals surface area contributed by atoms with E-state index in [0.717, 1.165) is 25.7 Å². The fourth-order valence-electron chi connectivity index (χ4n) is 3.36. The summed E-state index contributed by atoms with van der Waals surface area (Å²) in [6, 6.07) is 0. The van der Waals surface area contributed by atoms with Gasteiger partial charge in [0.25, 0.3) is 23.6 Å². The van der Waals surface area contributed by atoms with E-state index in [1.165, 1.54) is 0 Å². The van der Waals surface area contributed by atoms with Crippen molar-refractivity contribution in [3.8, 4) is 0 Å². The average Bonchev–Trinajstić information content (AvgIpc) is 3.44. The van der Waals surface area contributed by atoms with Crippen molar-refractivity contribution in [1.29, 1.82) is 0 Å². The van der Waals surface area contributed by atoms with Crippen molar-refractivity contribution in [2.75, 3.05) is 0 Å². The lowest BCUT2D eigenvalue weighted by Gasteiger charge is -2.16. The molecular formula is C15H16N2O7. The smallest absolute Gasteiger partial charge is 0.293 e. The maximum Gasteiger partial charge on any atom is 0.560 e. The molecule has 24 heavy (non-hydrogen) atoms. The number of carbonyl (C=O) groups is 5. The summed E-state index contributed by atoms with van der Waals surface area (Å²) in [7, 11) is 0. The first kappa shape index (κ1) is 15.1. The van der Waals surface area contributed by atoms with E-state index >= 15 is 0 Å². The predicted molar refractivity (Wildman–Crippen MR) is 72.9 cm³/mol. The minimum atomic E-state index is -1.44. The molecule has 0 spiro atoms. The Kier molecular flexibility index (Phi) is 3.33. The topological polar surface area (TPSA) is 110 Å². The first-order valence-corrected chi connectivity index (χ1v) is 8.09. The van der Waals surface area contributed by atoms with Gasteiger partial charge in [-0.15, -0.1) is 0 Å². The molecule has 2 saturated heterocycles. The highest BCUT2D eigenvalue weighted by Crippen LogP contribution is 2.43. The van der Waals surface area contributed by atoms with Crippen LogP contribution in [0.2, 0.25) is 0 Å². The predicted octanol–water partition coefficient (Wildman–Crippen LogP) is 0.540. The molecule has 0 aromatic carbocycles. The van der Waals surface area contributed by atoms with Crippen LogP contribution in [0.1, 0.15) is 38.5 Å². The van der Waals surface area contributed by atoms with Gasteiger partial charge in [-0.25, -0.2) is 0 Å². The number of rotatable bonds is 4. The van der Waals surface area contributed by atoms with E-state index in [-0.39, 0.29) is 24.7 Å². The Morgan fingerprint density at radius 2 is 1.12 bits per heavy atom. The maximum absolute atomic E-state index is 12.1. The molecule has 2 aliphatic carbocycles. The van der Waals surface area contributed by atoms with Crippen molar-refractivity contribution >= 4 is 29.8 Å². The first-order chi connectivity index (χ1) is 11.5. The molecule has 0 N–H and O–H groups in total. The van der Waals surface area contributed by atoms with Gasteiger partial charge in [-0.1, -0.05) is 10.1 Å². The minimum Gasteiger partial charge on any atom is -0.293 e. The number of amides is 4. The lowest BCUT2D eigenvalue weighted by Crippen LogP contribution is -2.39. The van der Waals surface area contributed by atoms with Crippen molar-refractivity contribution in [3.63, 3.8) is 0 Å². The van der Waals surface area contributed by atoms with E-state index in [1.54, 1.807) is 0 Å². The summed E-state index contributed by atoms with van der Waals surface area (Å²) in [4.78, 5) is 68.8. The lowest BCUT2D eigenvalue weighted by molar-refractivity contribution is -0.199. The first-order valence-electron chi connectivity index (χ1n) is 8.09. The Bertz CT molecular complexity index is 598. The van der Waals surface area contributed by atoms with Gasteiger partial charge in [-0.05, 0) is 37.5 Å². The molecule has 0 aromatic heterocycles. The lowest BCUT2D eigenvalue weighted by atomic mass is 10.0. The van der Waals surface area contributed by atoms with Crippen LogP contribution in [-0.2, 0) is 28.9 Å². The summed E-state index contributed by atoms with van der Waals surface area (Å²) >= 11 is 0. The Balaban J connectivity index is 1.36. The van der Waals surface area contributed by atoms with Crippen LogP contribution in [0.5, 0.6) is 0 Å². The van der Waals surface area contributed by atoms with E-state index in [4.69, 9.17) is 0 Å². The summed E-state index contributed by atoms with van der Waals surface area (Å²) in [6.07, 6.45) is 2.07. The van der Waals surface area contributed by atoms with Gasteiger partial charge in [-0.2, -0.15) is 4.79 Å². The van der Waals surface area contributed by atoms with Gasteiger partial charge in [0.2, 0.25) is 0 Å². The number of hydroxylamine groups is 4. The molecule has 4 rings (SSSR count). The Morgan fingerprint density at radius 1 is 0.750 bits per heavy atom. The van der Waals surface area contributed by atoms with Crippen LogP contribution in [0.4, 0.5) is 4.79 Å². The van der Waals surface area contributed by atoms with Crippen molar-refractivity contribution in [3.05, 3.63) is 0 Å². The number of carbonyl (C=O) groups excluding carboxylic acids is 5. The van der Waals surface area contributed by atoms with E-state index in [2.05, 4.69) is 9.68 Å². The second-order valence-corrected chi connectivity index (χ2v) is 6.78. The van der Waals surface area contributed by atoms with Gasteiger partial charge in [0.05, 0.1) is 11.8 Å². The molecule has 2 heterocycles. The van der Waals surface area contributed by atoms with Crippen LogP contribution in [0.25, 0.3) is 0 Å². The molecule has 2 aliphatic heterocycles. The Hall–Kier alpha value is -2.45. The molecule has 2 saturated carbocycles. The molecule has 4 aliphatic rings. The van der Waals surface area contributed by atoms with Crippen LogP contribution < -0.4 is 0 Å². The highest BCUT2D eigenvalue weighted by atomic mass is 16.9. The molecular weight excluding hydrogens is 320 g/mol. The second kappa shape index (κ2) is 5.29. The van der Waals surface area contributed by atoms with Crippen molar-refractivity contribution < 1.29 is 33.6 Å². The van der Waals surface area contributed by atoms with Gasteiger partial charge in [0, 0.05) is 12.8 Å². The van der Waals surface area contributed by atoms with E-state index in [1.807, 2.05) is 0 Å². The van der Waals surface area contributed by atoms with Crippen LogP contribution >= 0.6 is 0 Å². The highest BCUT2D eigenvalue weighted by molar-refractivity contribution is 6.04. The summed E-state index contributed by atoms with van der Waals surface area (Å²) in [6.45, 7) is 0. The van der Waals surface area contributed by atoms with Gasteiger partial charge >= 0.3 is 6.16 Å². The van der Waals surface area contributed by atoms with E-state index in [9.17, 15) is 24.0 Å². The highest BCUT2D eigenvalue weighted by Gasteiger charge is 2.51. The molecule has 9 nitrogen and oxygen atoms in total. The van der Waals surface area contributed by atoms with Gasteiger partial charge in [-0.3, -0.25) is 28.9 Å². The fourth-order valence-corrected chi connectivity index (χ4v) is 3.36. The quantitative estimate of drug-likeness (QED) is 0.689. The third-order valence-corrected chi connectivity index (χ3v) is 4.99. The zero-order valence-corrected chi connectivity index (χ0v) is 12.8. The molecule has 2 unspecified atom stereocenters. The van der Waals surface area contributed by atoms with Crippen LogP contribution in [-0.4, -0.2) is 39.9 Å². The standard InChI is InChI=1S/C15H16N2O7/c18-11-5-9(7-1-2-7)13(20)16(11)23-15(22)24-17-12(19)6-10(14(17)21)8-3-4-8/h7-10H,1-6H2. The zero-order valence-electron chi connectivity index (χ0n) is 12.8. The monoisotopic (exact) mass is 336 g/mol. The van der Waals surface area contributed by atoms with Crippen LogP contribution in [0.15, 0.2) is 0 Å². The molecule has 2 atom stereocenters. The van der Waals surface area contributed by atoms with E-state index in [0.29, 0.717) is 10.1 Å². The summed E-state index contributed by atoms with van der Waals surface area (Å²) in [5.41, 5.74) is 0. The molecule has 9 heteroatoms. The molecule has 0 radical (unpaired) electrons. The summed E-state index contributed by atoms with van der Waals surface area (Å²) < 4.78 is 0. The molecule has 128 valence electrons. The minimum absolute atomic E-state index is 0.00209. The Labute approximate surface area is 136 Å². The second-order valence-electron chi connectivity index (χ2n) is 6.78. The Morgan fingerprint density at radius 3 is 1.46 bits per heavy atom. The third-order valence-electron chi connectivity index (χ3n) is 4.99. The molecule has 0 aromatic rings. The third kappa shape index (κ3) is 2.53. The van der Waals surface area contributed by atoms with Gasteiger partial charge in [0.15, 0.2) is 0 Å². The fraction of sp³-hybridized carbons (Fsp3) is 0.667. The number of hydrogen-bond donors (Lipinski definition) is 0. The normalized spacial score (nSPS) is 30.3. The zero-order chi connectivity index (χ0) is 17.0. The van der Waals surface area contributed by atoms with Crippen molar-refractivity contribution in [2.45, 2.75) is 38.5 Å². The van der Waals surface area contributed by atoms with Gasteiger partial charge in [0.1, 0.15) is 0 Å². The SMILES string of the molecule is O=C(ON1C(=O)CC(C2CC2)C1=O)ON1C(=O)CC(C2CC2)C1=O.